The number of carbonyl (C=O) groups is 1. The fourth-order valence-corrected chi connectivity index (χ4v) is 2.51. The fraction of sp³-hybridized carbons (Fsp3) is 0.0909. The highest BCUT2D eigenvalue weighted by atomic mass is 35.5. The monoisotopic (exact) mass is 313 g/mol. The summed E-state index contributed by atoms with van der Waals surface area (Å²) >= 11 is 6.89. The van der Waals surface area contributed by atoms with E-state index in [1.54, 1.807) is 0 Å². The molecule has 0 fully saturated rings. The molecule has 0 aliphatic carbocycles. The number of carboxylic acid groups (broad SMARTS) is 1. The number of anilines is 1. The lowest BCUT2D eigenvalue weighted by atomic mass is 10.1. The van der Waals surface area contributed by atoms with Gasteiger partial charge in [0.25, 0.3) is 5.69 Å². The maximum absolute atomic E-state index is 11.1. The number of nitrogens with one attached hydrogen (secondary N) is 1. The largest absolute Gasteiger partial charge is 0.478 e. The molecule has 2 aromatic rings. The molecule has 1 aromatic carbocycles. The van der Waals surface area contributed by atoms with E-state index in [2.05, 4.69) is 10.3 Å². The van der Waals surface area contributed by atoms with Gasteiger partial charge in [0.05, 0.1) is 17.0 Å². The Morgan fingerprint density at radius 2 is 2.30 bits per heavy atom. The van der Waals surface area contributed by atoms with Crippen LogP contribution in [0.1, 0.15) is 15.2 Å². The normalized spacial score (nSPS) is 10.2. The van der Waals surface area contributed by atoms with Gasteiger partial charge >= 0.3 is 5.97 Å². The number of nitro groups is 1. The average molecular weight is 314 g/mol. The fourth-order valence-electron chi connectivity index (χ4n) is 1.60. The van der Waals surface area contributed by atoms with Crippen LogP contribution >= 0.6 is 22.9 Å². The summed E-state index contributed by atoms with van der Waals surface area (Å²) in [5.74, 6) is -1.24. The van der Waals surface area contributed by atoms with Gasteiger partial charge in [0.2, 0.25) is 0 Å². The summed E-state index contributed by atoms with van der Waals surface area (Å²) < 4.78 is 0.350. The minimum Gasteiger partial charge on any atom is -0.478 e. The van der Waals surface area contributed by atoms with E-state index in [0.717, 1.165) is 4.88 Å². The molecule has 0 saturated heterocycles. The Morgan fingerprint density at radius 1 is 1.55 bits per heavy atom. The Bertz CT molecular complexity index is 641. The third-order valence-corrected chi connectivity index (χ3v) is 3.55. The van der Waals surface area contributed by atoms with Crippen molar-refractivity contribution in [2.45, 2.75) is 6.54 Å². The Hall–Kier alpha value is -2.19. The van der Waals surface area contributed by atoms with E-state index in [1.165, 1.54) is 35.7 Å². The van der Waals surface area contributed by atoms with Gasteiger partial charge in [-0.3, -0.25) is 10.1 Å². The first kappa shape index (κ1) is 14.2. The van der Waals surface area contributed by atoms with Gasteiger partial charge in [-0.15, -0.1) is 11.3 Å². The van der Waals surface area contributed by atoms with Gasteiger partial charge in [-0.05, 0) is 6.07 Å². The lowest BCUT2D eigenvalue weighted by Crippen LogP contribution is -2.08. The lowest BCUT2D eigenvalue weighted by molar-refractivity contribution is -0.384. The summed E-state index contributed by atoms with van der Waals surface area (Å²) in [5, 5.41) is 22.8. The van der Waals surface area contributed by atoms with E-state index in [4.69, 9.17) is 16.7 Å². The van der Waals surface area contributed by atoms with Gasteiger partial charge in [-0.2, -0.15) is 0 Å². The number of rotatable bonds is 5. The molecular formula is C11H8ClN3O4S. The van der Waals surface area contributed by atoms with Crippen LogP contribution < -0.4 is 5.32 Å². The first-order valence-electron chi connectivity index (χ1n) is 5.34. The summed E-state index contributed by atoms with van der Waals surface area (Å²) in [6.45, 7) is 0.204. The molecule has 0 saturated carbocycles. The molecule has 0 atom stereocenters. The van der Waals surface area contributed by atoms with Crippen molar-refractivity contribution in [2.24, 2.45) is 0 Å². The van der Waals surface area contributed by atoms with Gasteiger partial charge < -0.3 is 10.4 Å². The molecule has 1 heterocycles. The number of carboxylic acids is 1. The molecule has 104 valence electrons. The summed E-state index contributed by atoms with van der Waals surface area (Å²) in [7, 11) is 0. The van der Waals surface area contributed by atoms with Crippen LogP contribution in [0.15, 0.2) is 24.4 Å². The van der Waals surface area contributed by atoms with Crippen molar-refractivity contribution in [3.63, 3.8) is 0 Å². The van der Waals surface area contributed by atoms with Crippen LogP contribution in [0.4, 0.5) is 11.4 Å². The molecule has 0 bridgehead atoms. The zero-order valence-corrected chi connectivity index (χ0v) is 11.4. The minimum absolute atomic E-state index is 0.0328. The highest BCUT2D eigenvalue weighted by molar-refractivity contribution is 7.15. The summed E-state index contributed by atoms with van der Waals surface area (Å²) in [6, 6.07) is 3.88. The molecule has 9 heteroatoms. The molecule has 0 aliphatic rings. The molecule has 2 rings (SSSR count). The van der Waals surface area contributed by atoms with Crippen molar-refractivity contribution < 1.29 is 14.8 Å². The molecule has 0 aliphatic heterocycles. The van der Waals surface area contributed by atoms with Gasteiger partial charge in [-0.1, -0.05) is 17.7 Å². The van der Waals surface area contributed by atoms with E-state index >= 15 is 0 Å². The lowest BCUT2D eigenvalue weighted by Gasteiger charge is -2.08. The van der Waals surface area contributed by atoms with E-state index in [-0.39, 0.29) is 23.5 Å². The van der Waals surface area contributed by atoms with Crippen molar-refractivity contribution in [1.82, 2.24) is 4.98 Å². The number of aromatic carboxylic acids is 1. The summed E-state index contributed by atoms with van der Waals surface area (Å²) in [4.78, 5) is 26.0. The van der Waals surface area contributed by atoms with Crippen molar-refractivity contribution in [1.29, 1.82) is 0 Å². The third-order valence-electron chi connectivity index (χ3n) is 2.43. The molecule has 0 unspecified atom stereocenters. The Balaban J connectivity index is 2.32. The number of nitrogens with zero attached hydrogens (tertiary/aromatic N) is 2. The second-order valence-electron chi connectivity index (χ2n) is 3.70. The zero-order chi connectivity index (χ0) is 14.7. The smallest absolute Gasteiger partial charge is 0.338 e. The predicted molar refractivity (Wildman–Crippen MR) is 74.5 cm³/mol. The van der Waals surface area contributed by atoms with Gasteiger partial charge in [0.15, 0.2) is 4.47 Å². The van der Waals surface area contributed by atoms with Crippen LogP contribution in [0.2, 0.25) is 4.47 Å². The Kier molecular flexibility index (Phi) is 4.16. The van der Waals surface area contributed by atoms with E-state index in [0.29, 0.717) is 4.47 Å². The van der Waals surface area contributed by atoms with Crippen LogP contribution in [0.25, 0.3) is 0 Å². The maximum atomic E-state index is 11.1. The number of benzene rings is 1. The predicted octanol–water partition coefficient (Wildman–Crippen LogP) is 3.02. The summed E-state index contributed by atoms with van der Waals surface area (Å²) in [6.07, 6.45) is 1.52. The van der Waals surface area contributed by atoms with Gasteiger partial charge in [-0.25, -0.2) is 9.78 Å². The molecule has 20 heavy (non-hydrogen) atoms. The second kappa shape index (κ2) is 5.85. The van der Waals surface area contributed by atoms with Crippen LogP contribution in [-0.4, -0.2) is 21.0 Å². The Morgan fingerprint density at radius 3 is 2.85 bits per heavy atom. The highest BCUT2D eigenvalue weighted by Crippen LogP contribution is 2.29. The number of para-hydroxylation sites is 1. The van der Waals surface area contributed by atoms with Crippen LogP contribution in [0.5, 0.6) is 0 Å². The Labute approximate surface area is 122 Å². The van der Waals surface area contributed by atoms with E-state index in [9.17, 15) is 14.9 Å². The topological polar surface area (TPSA) is 105 Å². The van der Waals surface area contributed by atoms with Crippen molar-refractivity contribution in [2.75, 3.05) is 5.32 Å². The quantitative estimate of drug-likeness (QED) is 0.649. The van der Waals surface area contributed by atoms with Gasteiger partial charge in [0.1, 0.15) is 5.69 Å². The third kappa shape index (κ3) is 3.03. The average Bonchev–Trinajstić information content (AvgIpc) is 2.81. The van der Waals surface area contributed by atoms with E-state index in [1.807, 2.05) is 0 Å². The second-order valence-corrected chi connectivity index (χ2v) is 5.39. The highest BCUT2D eigenvalue weighted by Gasteiger charge is 2.21. The van der Waals surface area contributed by atoms with Crippen molar-refractivity contribution >= 4 is 40.3 Å². The van der Waals surface area contributed by atoms with E-state index < -0.39 is 10.9 Å². The molecule has 2 N–H and O–H groups in total. The minimum atomic E-state index is -1.24. The molecule has 0 amide bonds. The molecule has 0 radical (unpaired) electrons. The molecule has 7 nitrogen and oxygen atoms in total. The number of hydrogen-bond donors (Lipinski definition) is 2. The molecule has 0 spiro atoms. The molecular weight excluding hydrogens is 306 g/mol. The SMILES string of the molecule is O=C(O)c1cccc([N+](=O)[O-])c1NCc1cnc(Cl)s1. The molecule has 1 aromatic heterocycles. The number of hydrogen-bond acceptors (Lipinski definition) is 6. The number of aromatic nitrogens is 1. The standard InChI is InChI=1S/C11H8ClN3O4S/c12-11-14-5-6(20-11)4-13-9-7(10(16)17)2-1-3-8(9)15(18)19/h1-3,5,13H,4H2,(H,16,17). The number of halogens is 1. The van der Waals surface area contributed by atoms with Crippen LogP contribution in [-0.2, 0) is 6.54 Å². The van der Waals surface area contributed by atoms with Crippen molar-refractivity contribution in [3.8, 4) is 0 Å². The number of thiazole rings is 1. The van der Waals surface area contributed by atoms with Crippen molar-refractivity contribution in [3.05, 3.63) is 49.4 Å². The summed E-state index contributed by atoms with van der Waals surface area (Å²) in [5.41, 5.74) is -0.482. The maximum Gasteiger partial charge on any atom is 0.338 e. The first-order chi connectivity index (χ1) is 9.49. The van der Waals surface area contributed by atoms with Crippen LogP contribution in [0.3, 0.4) is 0 Å². The van der Waals surface area contributed by atoms with Crippen LogP contribution in [0, 0.1) is 10.1 Å². The zero-order valence-electron chi connectivity index (χ0n) is 9.87. The first-order valence-corrected chi connectivity index (χ1v) is 6.53. The van der Waals surface area contributed by atoms with Gasteiger partial charge in [0, 0.05) is 17.1 Å². The number of nitro benzene ring substituents is 1.